The van der Waals surface area contributed by atoms with E-state index in [4.69, 9.17) is 11.6 Å². The van der Waals surface area contributed by atoms with Gasteiger partial charge in [0.25, 0.3) is 5.91 Å². The van der Waals surface area contributed by atoms with E-state index in [0.29, 0.717) is 5.56 Å². The minimum Gasteiger partial charge on any atom is -0.322 e. The lowest BCUT2D eigenvalue weighted by atomic mass is 9.92. The summed E-state index contributed by atoms with van der Waals surface area (Å²) in [6, 6.07) is 20.3. The molecule has 3 rings (SSSR count). The van der Waals surface area contributed by atoms with E-state index in [1.54, 1.807) is 30.3 Å². The second-order valence-corrected chi connectivity index (χ2v) is 6.61. The highest BCUT2D eigenvalue weighted by Crippen LogP contribution is 2.34. The second kappa shape index (κ2) is 8.38. The first-order chi connectivity index (χ1) is 13.8. The molecule has 1 atom stereocenters. The lowest BCUT2D eigenvalue weighted by Gasteiger charge is -2.15. The Kier molecular flexibility index (Phi) is 5.90. The maximum atomic E-state index is 13.1. The third kappa shape index (κ3) is 4.58. The van der Waals surface area contributed by atoms with E-state index in [1.165, 1.54) is 24.3 Å². The minimum absolute atomic E-state index is 0.224. The second-order valence-electron chi connectivity index (χ2n) is 6.21. The van der Waals surface area contributed by atoms with E-state index < -0.39 is 29.1 Å². The number of hydrogen-bond donors (Lipinski definition) is 1. The van der Waals surface area contributed by atoms with E-state index in [-0.39, 0.29) is 10.7 Å². The number of halogens is 4. The van der Waals surface area contributed by atoms with Crippen LogP contribution >= 0.6 is 11.6 Å². The maximum Gasteiger partial charge on any atom is 0.417 e. The number of nitrogens with zero attached hydrogens (tertiary/aromatic N) is 1. The Morgan fingerprint density at radius 1 is 1.00 bits per heavy atom. The van der Waals surface area contributed by atoms with Gasteiger partial charge < -0.3 is 5.32 Å². The van der Waals surface area contributed by atoms with Gasteiger partial charge in [-0.05, 0) is 35.4 Å². The summed E-state index contributed by atoms with van der Waals surface area (Å²) in [6.07, 6.45) is -4.65. The Morgan fingerprint density at radius 3 is 2.28 bits per heavy atom. The Bertz CT molecular complexity index is 1080. The molecule has 146 valence electrons. The number of amides is 1. The Labute approximate surface area is 170 Å². The van der Waals surface area contributed by atoms with Gasteiger partial charge in [0.2, 0.25) is 0 Å². The lowest BCUT2D eigenvalue weighted by molar-refractivity contribution is -0.137. The molecule has 0 spiro atoms. The van der Waals surface area contributed by atoms with Crippen molar-refractivity contribution in [1.82, 2.24) is 0 Å². The highest BCUT2D eigenvalue weighted by Gasteiger charge is 2.34. The molecule has 0 aliphatic heterocycles. The molecule has 0 saturated carbocycles. The van der Waals surface area contributed by atoms with E-state index in [9.17, 15) is 23.2 Å². The summed E-state index contributed by atoms with van der Waals surface area (Å²) < 4.78 is 39.4. The molecule has 0 aliphatic carbocycles. The molecular weight excluding hydrogens is 401 g/mol. The summed E-state index contributed by atoms with van der Waals surface area (Å²) in [5.41, 5.74) is 0.0144. The van der Waals surface area contributed by atoms with Gasteiger partial charge in [-0.1, -0.05) is 60.1 Å². The Balaban J connectivity index is 1.87. The van der Waals surface area contributed by atoms with Crippen LogP contribution in [0.2, 0.25) is 5.02 Å². The van der Waals surface area contributed by atoms with E-state index in [1.807, 2.05) is 6.07 Å². The highest BCUT2D eigenvalue weighted by molar-refractivity contribution is 6.32. The van der Waals surface area contributed by atoms with Gasteiger partial charge in [-0.3, -0.25) is 4.79 Å². The van der Waals surface area contributed by atoms with Crippen LogP contribution in [0, 0.1) is 11.3 Å². The molecule has 3 aromatic carbocycles. The molecule has 0 bridgehead atoms. The fourth-order valence-electron chi connectivity index (χ4n) is 2.93. The van der Waals surface area contributed by atoms with Gasteiger partial charge in [-0.2, -0.15) is 18.4 Å². The summed E-state index contributed by atoms with van der Waals surface area (Å²) >= 11 is 6.30. The molecule has 1 amide bonds. The van der Waals surface area contributed by atoms with Gasteiger partial charge in [0, 0.05) is 10.7 Å². The summed E-state index contributed by atoms with van der Waals surface area (Å²) in [4.78, 5) is 12.4. The predicted molar refractivity (Wildman–Crippen MR) is 105 cm³/mol. The van der Waals surface area contributed by atoms with E-state index in [2.05, 4.69) is 11.4 Å². The van der Waals surface area contributed by atoms with Gasteiger partial charge in [-0.25, -0.2) is 0 Å². The van der Waals surface area contributed by atoms with Crippen LogP contribution in [0.5, 0.6) is 0 Å². The fourth-order valence-corrected chi connectivity index (χ4v) is 3.22. The first-order valence-electron chi connectivity index (χ1n) is 8.53. The maximum absolute atomic E-state index is 13.1. The monoisotopic (exact) mass is 414 g/mol. The van der Waals surface area contributed by atoms with Crippen LogP contribution in [-0.2, 0) is 6.18 Å². The Morgan fingerprint density at radius 2 is 1.66 bits per heavy atom. The standard InChI is InChI=1S/C22H14ClF3N2O/c23-20-12-15(10-11-16(20)18(13-27)14-6-2-1-3-7-14)28-21(29)17-8-4-5-9-19(17)22(24,25)26/h1-12,18H,(H,28,29). The molecule has 0 heterocycles. The van der Waals surface area contributed by atoms with Crippen molar-refractivity contribution in [3.05, 3.63) is 100 Å². The van der Waals surface area contributed by atoms with Gasteiger partial charge in [-0.15, -0.1) is 0 Å². The predicted octanol–water partition coefficient (Wildman–Crippen LogP) is 6.27. The minimum atomic E-state index is -4.65. The summed E-state index contributed by atoms with van der Waals surface area (Å²) in [5.74, 6) is -1.51. The first kappa shape index (κ1) is 20.4. The fraction of sp³-hybridized carbons (Fsp3) is 0.0909. The number of benzene rings is 3. The van der Waals surface area contributed by atoms with Gasteiger partial charge in [0.05, 0.1) is 23.1 Å². The van der Waals surface area contributed by atoms with Crippen molar-refractivity contribution in [3.63, 3.8) is 0 Å². The molecule has 0 fully saturated rings. The number of nitrogens with one attached hydrogen (secondary N) is 1. The van der Waals surface area contributed by atoms with Crippen molar-refractivity contribution < 1.29 is 18.0 Å². The molecule has 0 aromatic heterocycles. The first-order valence-corrected chi connectivity index (χ1v) is 8.90. The normalized spacial score (nSPS) is 12.1. The largest absolute Gasteiger partial charge is 0.417 e. The molecule has 0 aliphatic rings. The van der Waals surface area contributed by atoms with Gasteiger partial charge >= 0.3 is 6.18 Å². The molecular formula is C22H14ClF3N2O. The zero-order chi connectivity index (χ0) is 21.0. The van der Waals surface area contributed by atoms with Crippen LogP contribution < -0.4 is 5.32 Å². The van der Waals surface area contributed by atoms with Crippen LogP contribution in [0.1, 0.15) is 33.0 Å². The van der Waals surface area contributed by atoms with E-state index in [0.717, 1.165) is 17.7 Å². The van der Waals surface area contributed by atoms with Crippen molar-refractivity contribution in [2.24, 2.45) is 0 Å². The Hall–Kier alpha value is -3.30. The van der Waals surface area contributed by atoms with Gasteiger partial charge in [0.15, 0.2) is 0 Å². The average molecular weight is 415 g/mol. The highest BCUT2D eigenvalue weighted by atomic mass is 35.5. The van der Waals surface area contributed by atoms with Crippen LogP contribution in [0.4, 0.5) is 18.9 Å². The molecule has 3 aromatic rings. The van der Waals surface area contributed by atoms with Crippen molar-refractivity contribution in [2.45, 2.75) is 12.1 Å². The quantitative estimate of drug-likeness (QED) is 0.547. The third-order valence-corrected chi connectivity index (χ3v) is 4.64. The molecule has 0 saturated heterocycles. The van der Waals surface area contributed by atoms with Crippen molar-refractivity contribution in [2.75, 3.05) is 5.32 Å². The number of nitriles is 1. The van der Waals surface area contributed by atoms with Crippen molar-refractivity contribution in [1.29, 1.82) is 5.26 Å². The summed E-state index contributed by atoms with van der Waals surface area (Å²) in [5, 5.41) is 12.2. The smallest absolute Gasteiger partial charge is 0.322 e. The number of alkyl halides is 3. The molecule has 7 heteroatoms. The zero-order valence-corrected chi connectivity index (χ0v) is 15.6. The summed E-state index contributed by atoms with van der Waals surface area (Å²) in [7, 11) is 0. The number of rotatable bonds is 4. The third-order valence-electron chi connectivity index (χ3n) is 4.31. The molecule has 3 nitrogen and oxygen atoms in total. The van der Waals surface area contributed by atoms with Crippen LogP contribution in [-0.4, -0.2) is 5.91 Å². The summed E-state index contributed by atoms with van der Waals surface area (Å²) in [6.45, 7) is 0. The zero-order valence-electron chi connectivity index (χ0n) is 14.9. The van der Waals surface area contributed by atoms with E-state index >= 15 is 0 Å². The number of anilines is 1. The van der Waals surface area contributed by atoms with Crippen LogP contribution in [0.3, 0.4) is 0 Å². The number of carbonyl (C=O) groups is 1. The number of hydrogen-bond acceptors (Lipinski definition) is 2. The van der Waals surface area contributed by atoms with Crippen LogP contribution in [0.25, 0.3) is 0 Å². The van der Waals surface area contributed by atoms with Crippen LogP contribution in [0.15, 0.2) is 72.8 Å². The van der Waals surface area contributed by atoms with Gasteiger partial charge in [0.1, 0.15) is 0 Å². The SMILES string of the molecule is N#CC(c1ccccc1)c1ccc(NC(=O)c2ccccc2C(F)(F)F)cc1Cl. The molecule has 1 N–H and O–H groups in total. The number of carbonyl (C=O) groups excluding carboxylic acids is 1. The molecule has 0 radical (unpaired) electrons. The topological polar surface area (TPSA) is 52.9 Å². The van der Waals surface area contributed by atoms with Crippen molar-refractivity contribution >= 4 is 23.2 Å². The average Bonchev–Trinajstić information content (AvgIpc) is 2.70. The van der Waals surface area contributed by atoms with Crippen molar-refractivity contribution in [3.8, 4) is 6.07 Å². The lowest BCUT2D eigenvalue weighted by Crippen LogP contribution is -2.18. The molecule has 29 heavy (non-hydrogen) atoms. The molecule has 1 unspecified atom stereocenters.